The Kier molecular flexibility index (Phi) is 6.44. The number of thiazole rings is 1. The van der Waals surface area contributed by atoms with E-state index in [0.717, 1.165) is 34.9 Å². The Morgan fingerprint density at radius 1 is 1.15 bits per heavy atom. The smallest absolute Gasteiger partial charge is 0.220 e. The second kappa shape index (κ2) is 9.20. The molecular formula is C20H22N2O3S. The molecule has 5 nitrogen and oxygen atoms in total. The van der Waals surface area contributed by atoms with Gasteiger partial charge in [-0.3, -0.25) is 4.79 Å². The quantitative estimate of drug-likeness (QED) is 0.582. The van der Waals surface area contributed by atoms with Crippen molar-refractivity contribution in [2.75, 3.05) is 20.3 Å². The lowest BCUT2D eigenvalue weighted by Crippen LogP contribution is -2.27. The second-order valence-corrected chi connectivity index (χ2v) is 6.92. The van der Waals surface area contributed by atoms with Crippen LogP contribution in [-0.4, -0.2) is 31.2 Å². The Morgan fingerprint density at radius 2 is 2.00 bits per heavy atom. The molecule has 3 rings (SSSR count). The molecule has 1 amide bonds. The number of hydrogen-bond donors (Lipinski definition) is 1. The first-order valence-corrected chi connectivity index (χ1v) is 9.44. The molecular weight excluding hydrogens is 348 g/mol. The first kappa shape index (κ1) is 18.2. The van der Waals surface area contributed by atoms with Gasteiger partial charge in [-0.15, -0.1) is 11.3 Å². The van der Waals surface area contributed by atoms with Gasteiger partial charge in [-0.2, -0.15) is 0 Å². The first-order chi connectivity index (χ1) is 12.7. The number of carbonyl (C=O) groups excluding carboxylic acids is 1. The highest BCUT2D eigenvalue weighted by Gasteiger charge is 2.05. The number of ether oxygens (including phenoxy) is 2. The van der Waals surface area contributed by atoms with E-state index in [1.54, 1.807) is 18.4 Å². The summed E-state index contributed by atoms with van der Waals surface area (Å²) < 4.78 is 11.9. The fourth-order valence-corrected chi connectivity index (χ4v) is 3.57. The van der Waals surface area contributed by atoms with E-state index >= 15 is 0 Å². The third-order valence-corrected chi connectivity index (χ3v) is 4.96. The zero-order valence-corrected chi connectivity index (χ0v) is 15.6. The number of benzene rings is 2. The summed E-state index contributed by atoms with van der Waals surface area (Å²) in [6.45, 7) is 0.911. The van der Waals surface area contributed by atoms with Crippen LogP contribution in [-0.2, 0) is 11.2 Å². The van der Waals surface area contributed by atoms with Crippen LogP contribution in [0.5, 0.6) is 11.5 Å². The minimum absolute atomic E-state index is 0.0420. The van der Waals surface area contributed by atoms with Crippen molar-refractivity contribution in [3.05, 3.63) is 53.5 Å². The second-order valence-electron chi connectivity index (χ2n) is 5.81. The Balaban J connectivity index is 1.32. The van der Waals surface area contributed by atoms with Crippen molar-refractivity contribution in [1.82, 2.24) is 10.3 Å². The van der Waals surface area contributed by atoms with Crippen LogP contribution >= 0.6 is 11.3 Å². The number of aromatic nitrogens is 1. The standard InChI is InChI=1S/C20H22N2O3S/c1-24-15-6-4-7-16(14-15)25-13-12-21-19(23)10-5-11-20-22-17-8-2-3-9-18(17)26-20/h2-4,6-9,14H,5,10-13H2,1H3,(H,21,23). The summed E-state index contributed by atoms with van der Waals surface area (Å²) in [4.78, 5) is 16.5. The molecule has 0 aliphatic heterocycles. The molecule has 6 heteroatoms. The van der Waals surface area contributed by atoms with Gasteiger partial charge >= 0.3 is 0 Å². The van der Waals surface area contributed by atoms with Crippen molar-refractivity contribution in [3.8, 4) is 11.5 Å². The van der Waals surface area contributed by atoms with Gasteiger partial charge < -0.3 is 14.8 Å². The van der Waals surface area contributed by atoms with E-state index in [9.17, 15) is 4.79 Å². The molecule has 26 heavy (non-hydrogen) atoms. The van der Waals surface area contributed by atoms with Gasteiger partial charge in [0.1, 0.15) is 18.1 Å². The monoisotopic (exact) mass is 370 g/mol. The van der Waals surface area contributed by atoms with E-state index < -0.39 is 0 Å². The zero-order chi connectivity index (χ0) is 18.2. The van der Waals surface area contributed by atoms with Gasteiger partial charge in [-0.1, -0.05) is 18.2 Å². The molecule has 136 valence electrons. The lowest BCUT2D eigenvalue weighted by atomic mass is 10.2. The fraction of sp³-hybridized carbons (Fsp3) is 0.300. The minimum atomic E-state index is 0.0420. The number of aryl methyl sites for hydroxylation is 1. The van der Waals surface area contributed by atoms with Crippen molar-refractivity contribution in [1.29, 1.82) is 0 Å². The van der Waals surface area contributed by atoms with E-state index in [0.29, 0.717) is 19.6 Å². The van der Waals surface area contributed by atoms with Crippen LogP contribution in [0.3, 0.4) is 0 Å². The predicted octanol–water partition coefficient (Wildman–Crippen LogP) is 3.82. The molecule has 1 N–H and O–H groups in total. The molecule has 0 aliphatic carbocycles. The van der Waals surface area contributed by atoms with Gasteiger partial charge in [0, 0.05) is 12.5 Å². The van der Waals surface area contributed by atoms with Crippen molar-refractivity contribution >= 4 is 27.5 Å². The van der Waals surface area contributed by atoms with Crippen molar-refractivity contribution < 1.29 is 14.3 Å². The topological polar surface area (TPSA) is 60.5 Å². The van der Waals surface area contributed by atoms with E-state index in [2.05, 4.69) is 16.4 Å². The summed E-state index contributed by atoms with van der Waals surface area (Å²) in [5, 5.41) is 3.97. The number of methoxy groups -OCH3 is 1. The summed E-state index contributed by atoms with van der Waals surface area (Å²) in [6.07, 6.45) is 2.12. The first-order valence-electron chi connectivity index (χ1n) is 8.62. The van der Waals surface area contributed by atoms with Crippen molar-refractivity contribution in [3.63, 3.8) is 0 Å². The number of rotatable bonds is 9. The predicted molar refractivity (Wildman–Crippen MR) is 104 cm³/mol. The largest absolute Gasteiger partial charge is 0.497 e. The van der Waals surface area contributed by atoms with E-state index in [1.165, 1.54) is 4.70 Å². The highest BCUT2D eigenvalue weighted by atomic mass is 32.1. The molecule has 0 bridgehead atoms. The van der Waals surface area contributed by atoms with Crippen LogP contribution in [0.25, 0.3) is 10.2 Å². The van der Waals surface area contributed by atoms with Gasteiger partial charge in [0.05, 0.1) is 28.9 Å². The van der Waals surface area contributed by atoms with Crippen LogP contribution in [0.4, 0.5) is 0 Å². The summed E-state index contributed by atoms with van der Waals surface area (Å²) in [5.74, 6) is 1.52. The van der Waals surface area contributed by atoms with Crippen LogP contribution in [0.15, 0.2) is 48.5 Å². The van der Waals surface area contributed by atoms with Gasteiger partial charge in [-0.25, -0.2) is 4.98 Å². The molecule has 0 fully saturated rings. The maximum atomic E-state index is 11.9. The number of hydrogen-bond acceptors (Lipinski definition) is 5. The molecule has 0 saturated carbocycles. The number of para-hydroxylation sites is 1. The molecule has 0 radical (unpaired) electrons. The molecule has 0 saturated heterocycles. The minimum Gasteiger partial charge on any atom is -0.497 e. The number of nitrogens with one attached hydrogen (secondary N) is 1. The molecule has 0 unspecified atom stereocenters. The molecule has 0 aliphatic rings. The van der Waals surface area contributed by atoms with Gasteiger partial charge in [-0.05, 0) is 37.1 Å². The lowest BCUT2D eigenvalue weighted by molar-refractivity contribution is -0.121. The number of amides is 1. The van der Waals surface area contributed by atoms with E-state index in [1.807, 2.05) is 42.5 Å². The van der Waals surface area contributed by atoms with Gasteiger partial charge in [0.25, 0.3) is 0 Å². The molecule has 1 aromatic heterocycles. The zero-order valence-electron chi connectivity index (χ0n) is 14.7. The van der Waals surface area contributed by atoms with E-state index in [-0.39, 0.29) is 5.91 Å². The lowest BCUT2D eigenvalue weighted by Gasteiger charge is -2.08. The normalized spacial score (nSPS) is 10.7. The van der Waals surface area contributed by atoms with Crippen LogP contribution < -0.4 is 14.8 Å². The Labute approximate surface area is 157 Å². The maximum absolute atomic E-state index is 11.9. The number of nitrogens with zero attached hydrogens (tertiary/aromatic N) is 1. The van der Waals surface area contributed by atoms with Crippen molar-refractivity contribution in [2.24, 2.45) is 0 Å². The molecule has 0 atom stereocenters. The molecule has 0 spiro atoms. The average molecular weight is 370 g/mol. The Bertz CT molecular complexity index is 830. The van der Waals surface area contributed by atoms with Crippen LogP contribution in [0.2, 0.25) is 0 Å². The fourth-order valence-electron chi connectivity index (χ4n) is 2.57. The average Bonchev–Trinajstić information content (AvgIpc) is 3.08. The van der Waals surface area contributed by atoms with Crippen molar-refractivity contribution in [2.45, 2.75) is 19.3 Å². The molecule has 2 aromatic carbocycles. The summed E-state index contributed by atoms with van der Waals surface area (Å²) in [7, 11) is 1.62. The molecule has 3 aromatic rings. The van der Waals surface area contributed by atoms with Gasteiger partial charge in [0.2, 0.25) is 5.91 Å². The summed E-state index contributed by atoms with van der Waals surface area (Å²) in [6, 6.07) is 15.5. The third kappa shape index (κ3) is 5.20. The van der Waals surface area contributed by atoms with E-state index in [4.69, 9.17) is 9.47 Å². The van der Waals surface area contributed by atoms with Crippen LogP contribution in [0, 0.1) is 0 Å². The third-order valence-electron chi connectivity index (χ3n) is 3.87. The summed E-state index contributed by atoms with van der Waals surface area (Å²) in [5.41, 5.74) is 1.03. The van der Waals surface area contributed by atoms with Crippen LogP contribution in [0.1, 0.15) is 17.8 Å². The Morgan fingerprint density at radius 3 is 2.85 bits per heavy atom. The Hall–Kier alpha value is -2.60. The van der Waals surface area contributed by atoms with Gasteiger partial charge in [0.15, 0.2) is 0 Å². The molecule has 1 heterocycles. The highest BCUT2D eigenvalue weighted by molar-refractivity contribution is 7.18. The number of carbonyl (C=O) groups is 1. The number of fused-ring (bicyclic) bond motifs is 1. The maximum Gasteiger partial charge on any atom is 0.220 e. The highest BCUT2D eigenvalue weighted by Crippen LogP contribution is 2.22. The SMILES string of the molecule is COc1cccc(OCCNC(=O)CCCc2nc3ccccc3s2)c1. The summed E-state index contributed by atoms with van der Waals surface area (Å²) >= 11 is 1.70.